The molecule has 1 aromatic rings. The van der Waals surface area contributed by atoms with Gasteiger partial charge >= 0.3 is 7.82 Å². The standard InChI is InChI=1S/C10H13O4PS2/c1-2-3-6-9-7-4-5-8-10(9)12-15(11)13-16-17-14-15/h4-5,7-8H,2-3,6H2,1H3. The van der Waals surface area contributed by atoms with Gasteiger partial charge in [0.25, 0.3) is 0 Å². The van der Waals surface area contributed by atoms with Gasteiger partial charge in [-0.15, -0.1) is 0 Å². The van der Waals surface area contributed by atoms with Gasteiger partial charge < -0.3 is 4.52 Å². The molecule has 17 heavy (non-hydrogen) atoms. The second-order valence-electron chi connectivity index (χ2n) is 3.53. The highest BCUT2D eigenvalue weighted by Crippen LogP contribution is 2.65. The molecule has 1 heterocycles. The summed E-state index contributed by atoms with van der Waals surface area (Å²) in [6.07, 6.45) is 3.06. The van der Waals surface area contributed by atoms with Crippen LogP contribution in [0.4, 0.5) is 0 Å². The quantitative estimate of drug-likeness (QED) is 0.442. The Balaban J connectivity index is 2.11. The van der Waals surface area contributed by atoms with Gasteiger partial charge in [0.1, 0.15) is 27.9 Å². The first-order chi connectivity index (χ1) is 8.23. The largest absolute Gasteiger partial charge is 0.554 e. The van der Waals surface area contributed by atoms with Gasteiger partial charge in [0.2, 0.25) is 0 Å². The first kappa shape index (κ1) is 13.3. The average Bonchev–Trinajstić information content (AvgIpc) is 2.75. The van der Waals surface area contributed by atoms with E-state index in [0.29, 0.717) is 5.75 Å². The Morgan fingerprint density at radius 3 is 2.71 bits per heavy atom. The molecule has 1 saturated heterocycles. The molecule has 0 bridgehead atoms. The molecule has 1 aromatic carbocycles. The van der Waals surface area contributed by atoms with Crippen LogP contribution in [0.15, 0.2) is 24.3 Å². The number of para-hydroxylation sites is 1. The van der Waals surface area contributed by atoms with Crippen molar-refractivity contribution in [3.05, 3.63) is 29.8 Å². The molecule has 94 valence electrons. The van der Waals surface area contributed by atoms with Crippen molar-refractivity contribution in [1.29, 1.82) is 0 Å². The first-order valence-electron chi connectivity index (χ1n) is 5.32. The molecule has 0 saturated carbocycles. The molecular weight excluding hydrogens is 279 g/mol. The second-order valence-corrected chi connectivity index (χ2v) is 6.89. The smallest absolute Gasteiger partial charge is 0.403 e. The van der Waals surface area contributed by atoms with Crippen molar-refractivity contribution < 1.29 is 17.0 Å². The minimum Gasteiger partial charge on any atom is -0.403 e. The van der Waals surface area contributed by atoms with E-state index in [1.807, 2.05) is 18.2 Å². The fourth-order valence-corrected chi connectivity index (χ4v) is 5.00. The van der Waals surface area contributed by atoms with Crippen molar-refractivity contribution >= 4 is 30.0 Å². The number of hydrogen-bond acceptors (Lipinski definition) is 6. The molecule has 2 rings (SSSR count). The molecular formula is C10H13O4PS2. The molecule has 1 fully saturated rings. The normalized spacial score (nSPS) is 18.2. The maximum atomic E-state index is 11.9. The van der Waals surface area contributed by atoms with Crippen LogP contribution < -0.4 is 4.52 Å². The van der Waals surface area contributed by atoms with Crippen molar-refractivity contribution in [2.45, 2.75) is 26.2 Å². The predicted molar refractivity (Wildman–Crippen MR) is 70.6 cm³/mol. The summed E-state index contributed by atoms with van der Waals surface area (Å²) >= 11 is 1.86. The van der Waals surface area contributed by atoms with Crippen LogP contribution in [0.2, 0.25) is 0 Å². The Morgan fingerprint density at radius 2 is 2.00 bits per heavy atom. The molecule has 0 spiro atoms. The van der Waals surface area contributed by atoms with Crippen LogP contribution in [0.5, 0.6) is 5.75 Å². The maximum Gasteiger partial charge on any atom is 0.554 e. The fraction of sp³-hybridized carbons (Fsp3) is 0.400. The summed E-state index contributed by atoms with van der Waals surface area (Å²) in [4.78, 5) is 0. The van der Waals surface area contributed by atoms with Crippen LogP contribution >= 0.6 is 30.0 Å². The van der Waals surface area contributed by atoms with Gasteiger partial charge in [-0.25, -0.2) is 4.57 Å². The molecule has 7 heteroatoms. The van der Waals surface area contributed by atoms with Crippen molar-refractivity contribution in [1.82, 2.24) is 0 Å². The Hall–Kier alpha value is -0.130. The van der Waals surface area contributed by atoms with Crippen LogP contribution in [-0.4, -0.2) is 0 Å². The van der Waals surface area contributed by atoms with E-state index in [1.165, 1.54) is 0 Å². The zero-order valence-electron chi connectivity index (χ0n) is 9.33. The van der Waals surface area contributed by atoms with Gasteiger partial charge in [-0.2, -0.15) is 7.94 Å². The number of benzene rings is 1. The summed E-state index contributed by atoms with van der Waals surface area (Å²) in [5.74, 6) is 0.576. The zero-order valence-corrected chi connectivity index (χ0v) is 11.9. The lowest BCUT2D eigenvalue weighted by molar-refractivity contribution is 0.339. The lowest BCUT2D eigenvalue weighted by atomic mass is 10.1. The molecule has 0 aliphatic carbocycles. The monoisotopic (exact) mass is 292 g/mol. The maximum absolute atomic E-state index is 11.9. The van der Waals surface area contributed by atoms with Gasteiger partial charge in [-0.3, -0.25) is 0 Å². The van der Waals surface area contributed by atoms with Crippen molar-refractivity contribution in [2.24, 2.45) is 0 Å². The lowest BCUT2D eigenvalue weighted by Gasteiger charge is -2.12. The number of unbranched alkanes of at least 4 members (excludes halogenated alkanes) is 1. The van der Waals surface area contributed by atoms with Crippen molar-refractivity contribution in [3.8, 4) is 5.75 Å². The van der Waals surface area contributed by atoms with E-state index >= 15 is 0 Å². The molecule has 0 amide bonds. The summed E-state index contributed by atoms with van der Waals surface area (Å²) in [5.41, 5.74) is 1.03. The third-order valence-corrected chi connectivity index (χ3v) is 5.94. The fourth-order valence-electron chi connectivity index (χ4n) is 1.43. The van der Waals surface area contributed by atoms with Crippen LogP contribution in [0.25, 0.3) is 0 Å². The Kier molecular flexibility index (Phi) is 4.82. The first-order valence-corrected chi connectivity index (χ1v) is 8.78. The van der Waals surface area contributed by atoms with E-state index in [-0.39, 0.29) is 0 Å². The molecule has 0 aromatic heterocycles. The molecule has 4 nitrogen and oxygen atoms in total. The molecule has 1 aliphatic heterocycles. The predicted octanol–water partition coefficient (Wildman–Crippen LogP) is 4.77. The van der Waals surface area contributed by atoms with E-state index in [9.17, 15) is 4.57 Å². The third-order valence-electron chi connectivity index (χ3n) is 2.25. The van der Waals surface area contributed by atoms with E-state index in [1.54, 1.807) is 6.07 Å². The Bertz CT molecular complexity index is 417. The Morgan fingerprint density at radius 1 is 1.29 bits per heavy atom. The number of phosphoric acid groups is 1. The number of rotatable bonds is 5. The molecule has 0 radical (unpaired) electrons. The number of hydrogen-bond donors (Lipinski definition) is 0. The lowest BCUT2D eigenvalue weighted by Crippen LogP contribution is -1.95. The van der Waals surface area contributed by atoms with E-state index in [2.05, 4.69) is 6.92 Å². The van der Waals surface area contributed by atoms with Crippen LogP contribution in [0, 0.1) is 0 Å². The van der Waals surface area contributed by atoms with Crippen LogP contribution in [-0.2, 0) is 18.9 Å². The minimum absolute atomic E-state index is 0.576. The minimum atomic E-state index is -3.43. The second kappa shape index (κ2) is 6.16. The van der Waals surface area contributed by atoms with Gasteiger partial charge in [0.15, 0.2) is 0 Å². The summed E-state index contributed by atoms with van der Waals surface area (Å²) < 4.78 is 27.0. The topological polar surface area (TPSA) is 44.8 Å². The summed E-state index contributed by atoms with van der Waals surface area (Å²) in [5, 5.41) is 0. The van der Waals surface area contributed by atoms with E-state index in [0.717, 1.165) is 47.0 Å². The average molecular weight is 292 g/mol. The molecule has 0 atom stereocenters. The zero-order chi connectivity index (χ0) is 12.1. The summed E-state index contributed by atoms with van der Waals surface area (Å²) in [6, 6.07) is 7.53. The van der Waals surface area contributed by atoms with E-state index < -0.39 is 7.82 Å². The third kappa shape index (κ3) is 3.66. The van der Waals surface area contributed by atoms with Crippen molar-refractivity contribution in [2.75, 3.05) is 0 Å². The molecule has 0 N–H and O–H groups in total. The van der Waals surface area contributed by atoms with Crippen LogP contribution in [0.1, 0.15) is 25.3 Å². The molecule has 0 unspecified atom stereocenters. The van der Waals surface area contributed by atoms with Crippen LogP contribution in [0.3, 0.4) is 0 Å². The highest BCUT2D eigenvalue weighted by molar-refractivity contribution is 8.75. The highest BCUT2D eigenvalue weighted by Gasteiger charge is 2.37. The number of aryl methyl sites for hydroxylation is 1. The van der Waals surface area contributed by atoms with Gasteiger partial charge in [0, 0.05) is 0 Å². The molecule has 1 aliphatic rings. The SMILES string of the molecule is CCCCc1ccccc1OP1(=O)OSSO1. The highest BCUT2D eigenvalue weighted by atomic mass is 33.1. The summed E-state index contributed by atoms with van der Waals surface area (Å²) in [6.45, 7) is 2.13. The van der Waals surface area contributed by atoms with E-state index in [4.69, 9.17) is 12.5 Å². The Labute approximate surface area is 109 Å². The van der Waals surface area contributed by atoms with Gasteiger partial charge in [-0.05, 0) is 24.5 Å². The summed E-state index contributed by atoms with van der Waals surface area (Å²) in [7, 11) is -3.43. The van der Waals surface area contributed by atoms with Gasteiger partial charge in [-0.1, -0.05) is 31.5 Å². The van der Waals surface area contributed by atoms with Gasteiger partial charge in [0.05, 0.1) is 0 Å². The van der Waals surface area contributed by atoms with Crippen molar-refractivity contribution in [3.63, 3.8) is 0 Å².